The summed E-state index contributed by atoms with van der Waals surface area (Å²) >= 11 is 7.05. The molecule has 0 saturated heterocycles. The minimum absolute atomic E-state index is 0.00455. The van der Waals surface area contributed by atoms with Gasteiger partial charge in [-0.2, -0.15) is 5.10 Å². The Kier molecular flexibility index (Phi) is 8.46. The minimum atomic E-state index is -0.0783. The SMILES string of the molecule is CCCN(CCC)C(=S)SCC(=O)N1N=C(c2ccccc2)C[C@@H]1c1ccccc1. The average molecular weight is 440 g/mol. The van der Waals surface area contributed by atoms with Gasteiger partial charge in [0.25, 0.3) is 5.91 Å². The highest BCUT2D eigenvalue weighted by atomic mass is 32.2. The molecule has 6 heteroatoms. The molecule has 1 aliphatic rings. The molecule has 1 aliphatic heterocycles. The molecule has 0 unspecified atom stereocenters. The molecule has 0 spiro atoms. The van der Waals surface area contributed by atoms with Crippen molar-refractivity contribution in [1.82, 2.24) is 9.91 Å². The Hall–Kier alpha value is -2.18. The molecule has 1 amide bonds. The molecular formula is C24H29N3OS2. The predicted molar refractivity (Wildman–Crippen MR) is 131 cm³/mol. The molecule has 1 heterocycles. The number of amides is 1. The quantitative estimate of drug-likeness (QED) is 0.509. The second-order valence-corrected chi connectivity index (χ2v) is 8.93. The van der Waals surface area contributed by atoms with Gasteiger partial charge in [0.15, 0.2) is 0 Å². The first-order valence-corrected chi connectivity index (χ1v) is 11.9. The molecular weight excluding hydrogens is 410 g/mol. The molecule has 0 bridgehead atoms. The Labute approximate surface area is 189 Å². The number of benzene rings is 2. The van der Waals surface area contributed by atoms with Crippen LogP contribution in [0, 0.1) is 0 Å². The van der Waals surface area contributed by atoms with Gasteiger partial charge < -0.3 is 4.90 Å². The van der Waals surface area contributed by atoms with Gasteiger partial charge in [-0.1, -0.05) is 98.5 Å². The van der Waals surface area contributed by atoms with E-state index in [-0.39, 0.29) is 11.9 Å². The van der Waals surface area contributed by atoms with Crippen LogP contribution in [0.15, 0.2) is 65.8 Å². The molecule has 0 N–H and O–H groups in total. The Balaban J connectivity index is 1.74. The van der Waals surface area contributed by atoms with E-state index in [1.807, 2.05) is 48.5 Å². The standard InChI is InChI=1S/C24H29N3OS2/c1-3-15-26(16-4-2)24(29)30-18-23(28)27-22(20-13-9-6-10-14-20)17-21(25-27)19-11-7-5-8-12-19/h5-14,22H,3-4,15-18H2,1-2H3/t22-/m1/s1. The maximum Gasteiger partial charge on any atom is 0.253 e. The zero-order valence-electron chi connectivity index (χ0n) is 17.7. The third-order valence-electron chi connectivity index (χ3n) is 5.02. The van der Waals surface area contributed by atoms with Gasteiger partial charge in [-0.25, -0.2) is 5.01 Å². The molecule has 4 nitrogen and oxygen atoms in total. The fourth-order valence-electron chi connectivity index (χ4n) is 3.60. The normalized spacial score (nSPS) is 15.7. The predicted octanol–water partition coefficient (Wildman–Crippen LogP) is 5.50. The van der Waals surface area contributed by atoms with Gasteiger partial charge in [-0.15, -0.1) is 0 Å². The third kappa shape index (κ3) is 5.70. The second kappa shape index (κ2) is 11.3. The number of rotatable bonds is 8. The zero-order chi connectivity index (χ0) is 21.3. The van der Waals surface area contributed by atoms with Gasteiger partial charge in [0, 0.05) is 19.5 Å². The summed E-state index contributed by atoms with van der Waals surface area (Å²) in [4.78, 5) is 15.4. The van der Waals surface area contributed by atoms with E-state index in [9.17, 15) is 4.79 Å². The van der Waals surface area contributed by atoms with Crippen molar-refractivity contribution in [2.75, 3.05) is 18.8 Å². The molecule has 0 saturated carbocycles. The van der Waals surface area contributed by atoms with Crippen molar-refractivity contribution in [3.8, 4) is 0 Å². The number of thioether (sulfide) groups is 1. The first kappa shape index (κ1) is 22.5. The van der Waals surface area contributed by atoms with Gasteiger partial charge in [0.05, 0.1) is 17.5 Å². The number of thiocarbonyl (C=S) groups is 1. The lowest BCUT2D eigenvalue weighted by molar-refractivity contribution is -0.130. The topological polar surface area (TPSA) is 35.9 Å². The molecule has 3 rings (SSSR count). The minimum Gasteiger partial charge on any atom is -0.358 e. The zero-order valence-corrected chi connectivity index (χ0v) is 19.3. The van der Waals surface area contributed by atoms with Crippen LogP contribution in [0.4, 0.5) is 0 Å². The molecule has 1 atom stereocenters. The highest BCUT2D eigenvalue weighted by Crippen LogP contribution is 2.33. The highest BCUT2D eigenvalue weighted by Gasteiger charge is 2.33. The summed E-state index contributed by atoms with van der Waals surface area (Å²) in [5.74, 6) is 0.299. The van der Waals surface area contributed by atoms with Crippen LogP contribution in [0.2, 0.25) is 0 Å². The molecule has 0 aromatic heterocycles. The summed E-state index contributed by atoms with van der Waals surface area (Å²) < 4.78 is 0.801. The van der Waals surface area contributed by atoms with Gasteiger partial charge in [-0.05, 0) is 24.0 Å². The van der Waals surface area contributed by atoms with Gasteiger partial charge in [-0.3, -0.25) is 4.79 Å². The lowest BCUT2D eigenvalue weighted by Gasteiger charge is -2.25. The molecule has 0 aliphatic carbocycles. The van der Waals surface area contributed by atoms with Gasteiger partial charge in [0.1, 0.15) is 4.32 Å². The summed E-state index contributed by atoms with van der Waals surface area (Å²) in [5.41, 5.74) is 3.12. The fraction of sp³-hybridized carbons (Fsp3) is 0.375. The van der Waals surface area contributed by atoms with Crippen LogP contribution in [0.3, 0.4) is 0 Å². The van der Waals surface area contributed by atoms with E-state index in [0.717, 1.165) is 47.1 Å². The number of hydrogen-bond acceptors (Lipinski definition) is 4. The monoisotopic (exact) mass is 439 g/mol. The van der Waals surface area contributed by atoms with Crippen molar-refractivity contribution in [2.45, 2.75) is 39.2 Å². The van der Waals surface area contributed by atoms with E-state index in [1.54, 1.807) is 5.01 Å². The summed E-state index contributed by atoms with van der Waals surface area (Å²) in [7, 11) is 0. The van der Waals surface area contributed by atoms with Crippen molar-refractivity contribution in [1.29, 1.82) is 0 Å². The summed E-state index contributed by atoms with van der Waals surface area (Å²) in [5, 5.41) is 6.41. The highest BCUT2D eigenvalue weighted by molar-refractivity contribution is 8.23. The second-order valence-electron chi connectivity index (χ2n) is 7.32. The summed E-state index contributed by atoms with van der Waals surface area (Å²) in [6.07, 6.45) is 2.80. The first-order valence-electron chi connectivity index (χ1n) is 10.6. The van der Waals surface area contributed by atoms with E-state index in [2.05, 4.69) is 30.9 Å². The molecule has 158 valence electrons. The number of carbonyl (C=O) groups is 1. The third-order valence-corrected chi connectivity index (χ3v) is 6.53. The maximum atomic E-state index is 13.2. The van der Waals surface area contributed by atoms with Crippen molar-refractivity contribution in [3.63, 3.8) is 0 Å². The number of carbonyl (C=O) groups excluding carboxylic acids is 1. The Bertz CT molecular complexity index is 865. The summed E-state index contributed by atoms with van der Waals surface area (Å²) in [6.45, 7) is 6.16. The fourth-order valence-corrected chi connectivity index (χ4v) is 4.70. The van der Waals surface area contributed by atoms with E-state index in [4.69, 9.17) is 17.3 Å². The van der Waals surface area contributed by atoms with Crippen LogP contribution in [-0.4, -0.2) is 44.7 Å². The molecule has 2 aromatic carbocycles. The lowest BCUT2D eigenvalue weighted by Crippen LogP contribution is -2.32. The van der Waals surface area contributed by atoms with Crippen LogP contribution >= 0.6 is 24.0 Å². The average Bonchev–Trinajstić information content (AvgIpc) is 3.24. The number of nitrogens with zero attached hydrogens (tertiary/aromatic N) is 3. The number of hydrogen-bond donors (Lipinski definition) is 0. The Morgan fingerprint density at radius 1 is 1.07 bits per heavy atom. The van der Waals surface area contributed by atoms with E-state index in [0.29, 0.717) is 12.2 Å². The van der Waals surface area contributed by atoms with Crippen molar-refractivity contribution in [2.24, 2.45) is 5.10 Å². The largest absolute Gasteiger partial charge is 0.358 e. The molecule has 2 aromatic rings. The van der Waals surface area contributed by atoms with Gasteiger partial charge in [0.2, 0.25) is 0 Å². The van der Waals surface area contributed by atoms with Crippen molar-refractivity contribution < 1.29 is 4.79 Å². The molecule has 30 heavy (non-hydrogen) atoms. The van der Waals surface area contributed by atoms with Crippen LogP contribution in [0.5, 0.6) is 0 Å². The first-order chi connectivity index (χ1) is 14.6. The van der Waals surface area contributed by atoms with E-state index in [1.165, 1.54) is 11.8 Å². The lowest BCUT2D eigenvalue weighted by atomic mass is 9.98. The van der Waals surface area contributed by atoms with Crippen LogP contribution < -0.4 is 0 Å². The van der Waals surface area contributed by atoms with Gasteiger partial charge >= 0.3 is 0 Å². The smallest absolute Gasteiger partial charge is 0.253 e. The Morgan fingerprint density at radius 3 is 2.27 bits per heavy atom. The molecule has 0 fully saturated rings. The Morgan fingerprint density at radius 2 is 1.67 bits per heavy atom. The molecule has 0 radical (unpaired) electrons. The van der Waals surface area contributed by atoms with Crippen LogP contribution in [0.1, 0.15) is 50.3 Å². The van der Waals surface area contributed by atoms with E-state index >= 15 is 0 Å². The van der Waals surface area contributed by atoms with E-state index < -0.39 is 0 Å². The van der Waals surface area contributed by atoms with Crippen LogP contribution in [0.25, 0.3) is 0 Å². The van der Waals surface area contributed by atoms with Crippen molar-refractivity contribution >= 4 is 39.9 Å². The van der Waals surface area contributed by atoms with Crippen LogP contribution in [-0.2, 0) is 4.79 Å². The summed E-state index contributed by atoms with van der Waals surface area (Å²) in [6, 6.07) is 20.2. The maximum absolute atomic E-state index is 13.2. The van der Waals surface area contributed by atoms with Crippen molar-refractivity contribution in [3.05, 3.63) is 71.8 Å². The number of hydrazone groups is 1.